The van der Waals surface area contributed by atoms with Crippen LogP contribution in [0.25, 0.3) is 0 Å². The van der Waals surface area contributed by atoms with Gasteiger partial charge in [0.1, 0.15) is 31.3 Å². The Labute approximate surface area is 221 Å². The Balaban J connectivity index is 0.000000308. The molecular formula is C28H32N2O8. The third-order valence-electron chi connectivity index (χ3n) is 4.80. The summed E-state index contributed by atoms with van der Waals surface area (Å²) in [6.07, 6.45) is -0.481. The minimum Gasteiger partial charge on any atom is -0.492 e. The average Bonchev–Trinajstić information content (AvgIpc) is 2.91. The van der Waals surface area contributed by atoms with Crippen molar-refractivity contribution in [3.05, 3.63) is 95.6 Å². The number of aliphatic carboxylic acids is 2. The van der Waals surface area contributed by atoms with Gasteiger partial charge in [-0.15, -0.1) is 0 Å². The molecule has 202 valence electrons. The molecule has 0 aliphatic rings. The van der Waals surface area contributed by atoms with Crippen LogP contribution in [0.15, 0.2) is 78.9 Å². The molecule has 38 heavy (non-hydrogen) atoms. The van der Waals surface area contributed by atoms with Crippen molar-refractivity contribution in [1.29, 1.82) is 0 Å². The summed E-state index contributed by atoms with van der Waals surface area (Å²) in [6, 6.07) is 23.2. The number of nitrogens with two attached hydrogens (primary N) is 1. The largest absolute Gasteiger partial charge is 0.492 e. The average molecular weight is 525 g/mol. The van der Waals surface area contributed by atoms with Gasteiger partial charge in [-0.25, -0.2) is 4.79 Å². The summed E-state index contributed by atoms with van der Waals surface area (Å²) in [7, 11) is 0. The maximum atomic E-state index is 11.5. The highest BCUT2D eigenvalue weighted by atomic mass is 16.5. The third kappa shape index (κ3) is 12.9. The second kappa shape index (κ2) is 17.0. The van der Waals surface area contributed by atoms with Gasteiger partial charge in [0, 0.05) is 6.54 Å². The van der Waals surface area contributed by atoms with Crippen molar-refractivity contribution in [2.45, 2.75) is 19.4 Å². The molecule has 0 bridgehead atoms. The maximum absolute atomic E-state index is 11.5. The van der Waals surface area contributed by atoms with E-state index in [0.717, 1.165) is 11.1 Å². The van der Waals surface area contributed by atoms with E-state index in [0.29, 0.717) is 43.4 Å². The minimum atomic E-state index is -0.873. The Kier molecular flexibility index (Phi) is 13.3. The summed E-state index contributed by atoms with van der Waals surface area (Å²) in [6.45, 7) is 1.76. The molecule has 0 saturated heterocycles. The number of carboxylic acids is 2. The number of carboxylic acid groups (broad SMARTS) is 2. The SMILES string of the molecule is NCCOc1ccc(CC(=O)O)cc1.O=C(O)Cc1ccc(OCCNC(=O)OCc2ccccc2)cc1. The van der Waals surface area contributed by atoms with Gasteiger partial charge in [-0.3, -0.25) is 9.59 Å². The molecule has 0 spiro atoms. The highest BCUT2D eigenvalue weighted by Crippen LogP contribution is 2.13. The molecule has 10 nitrogen and oxygen atoms in total. The van der Waals surface area contributed by atoms with Gasteiger partial charge >= 0.3 is 18.0 Å². The fourth-order valence-electron chi connectivity index (χ4n) is 3.03. The number of amides is 1. The minimum absolute atomic E-state index is 0.0188. The summed E-state index contributed by atoms with van der Waals surface area (Å²) in [4.78, 5) is 32.5. The highest BCUT2D eigenvalue weighted by molar-refractivity contribution is 5.70. The summed E-state index contributed by atoms with van der Waals surface area (Å²) in [5.74, 6) is -0.379. The van der Waals surface area contributed by atoms with Gasteiger partial charge in [-0.1, -0.05) is 54.6 Å². The molecule has 1 amide bonds. The zero-order valence-electron chi connectivity index (χ0n) is 20.9. The van der Waals surface area contributed by atoms with E-state index < -0.39 is 18.0 Å². The van der Waals surface area contributed by atoms with E-state index >= 15 is 0 Å². The number of ether oxygens (including phenoxy) is 3. The molecule has 0 aliphatic carbocycles. The first-order chi connectivity index (χ1) is 18.4. The van der Waals surface area contributed by atoms with E-state index in [1.54, 1.807) is 48.5 Å². The van der Waals surface area contributed by atoms with Crippen LogP contribution in [0.2, 0.25) is 0 Å². The van der Waals surface area contributed by atoms with Crippen molar-refractivity contribution < 1.29 is 38.8 Å². The Morgan fingerprint density at radius 2 is 1.18 bits per heavy atom. The van der Waals surface area contributed by atoms with E-state index in [2.05, 4.69) is 5.32 Å². The fourth-order valence-corrected chi connectivity index (χ4v) is 3.03. The second-order valence-electron chi connectivity index (χ2n) is 7.90. The van der Waals surface area contributed by atoms with Crippen LogP contribution < -0.4 is 20.5 Å². The third-order valence-corrected chi connectivity index (χ3v) is 4.80. The number of benzene rings is 3. The number of hydrogen-bond donors (Lipinski definition) is 4. The zero-order chi connectivity index (χ0) is 27.6. The molecule has 0 atom stereocenters. The monoisotopic (exact) mass is 524 g/mol. The fraction of sp³-hybridized carbons (Fsp3) is 0.250. The first kappa shape index (κ1) is 29.7. The lowest BCUT2D eigenvalue weighted by Gasteiger charge is -2.09. The predicted molar refractivity (Wildman–Crippen MR) is 140 cm³/mol. The van der Waals surface area contributed by atoms with E-state index in [9.17, 15) is 14.4 Å². The van der Waals surface area contributed by atoms with Gasteiger partial charge in [-0.2, -0.15) is 0 Å². The van der Waals surface area contributed by atoms with Crippen LogP contribution in [0.3, 0.4) is 0 Å². The van der Waals surface area contributed by atoms with Crippen LogP contribution in [0, 0.1) is 0 Å². The lowest BCUT2D eigenvalue weighted by Crippen LogP contribution is -2.28. The maximum Gasteiger partial charge on any atom is 0.407 e. The summed E-state index contributed by atoms with van der Waals surface area (Å²) >= 11 is 0. The van der Waals surface area contributed by atoms with Crippen LogP contribution in [0.4, 0.5) is 4.79 Å². The van der Waals surface area contributed by atoms with Gasteiger partial charge < -0.3 is 35.5 Å². The van der Waals surface area contributed by atoms with Gasteiger partial charge in [0.15, 0.2) is 0 Å². The molecule has 10 heteroatoms. The van der Waals surface area contributed by atoms with E-state index in [1.807, 2.05) is 30.3 Å². The van der Waals surface area contributed by atoms with Crippen molar-refractivity contribution in [3.8, 4) is 11.5 Å². The van der Waals surface area contributed by atoms with Gasteiger partial charge in [-0.05, 0) is 41.0 Å². The Bertz CT molecular complexity index is 1120. The summed E-state index contributed by atoms with van der Waals surface area (Å²) in [5, 5.41) is 19.8. The van der Waals surface area contributed by atoms with Crippen molar-refractivity contribution in [2.75, 3.05) is 26.3 Å². The number of hydrogen-bond acceptors (Lipinski definition) is 7. The molecule has 0 heterocycles. The van der Waals surface area contributed by atoms with Gasteiger partial charge in [0.25, 0.3) is 0 Å². The number of carbonyl (C=O) groups is 3. The number of rotatable bonds is 13. The van der Waals surface area contributed by atoms with Gasteiger partial charge in [0.2, 0.25) is 0 Å². The van der Waals surface area contributed by atoms with Crippen LogP contribution in [0.5, 0.6) is 11.5 Å². The highest BCUT2D eigenvalue weighted by Gasteiger charge is 2.04. The molecule has 0 fully saturated rings. The Morgan fingerprint density at radius 1 is 0.684 bits per heavy atom. The molecule has 3 aromatic rings. The summed E-state index contributed by atoms with van der Waals surface area (Å²) in [5.41, 5.74) is 7.66. The zero-order valence-corrected chi connectivity index (χ0v) is 20.9. The lowest BCUT2D eigenvalue weighted by atomic mass is 10.1. The molecule has 3 rings (SSSR count). The normalized spacial score (nSPS) is 9.92. The first-order valence-electron chi connectivity index (χ1n) is 11.9. The molecular weight excluding hydrogens is 492 g/mol. The Hall–Kier alpha value is -4.57. The number of alkyl carbamates (subject to hydrolysis) is 1. The molecule has 0 aromatic heterocycles. The van der Waals surface area contributed by atoms with Crippen LogP contribution in [0.1, 0.15) is 16.7 Å². The van der Waals surface area contributed by atoms with Gasteiger partial charge in [0.05, 0.1) is 19.4 Å². The van der Waals surface area contributed by atoms with Crippen LogP contribution >= 0.6 is 0 Å². The first-order valence-corrected chi connectivity index (χ1v) is 11.9. The van der Waals surface area contributed by atoms with Crippen LogP contribution in [-0.4, -0.2) is 54.5 Å². The van der Waals surface area contributed by atoms with E-state index in [1.165, 1.54) is 0 Å². The number of nitrogens with one attached hydrogen (secondary N) is 1. The smallest absolute Gasteiger partial charge is 0.407 e. The molecule has 0 aliphatic heterocycles. The second-order valence-corrected chi connectivity index (χ2v) is 7.90. The molecule has 0 saturated carbocycles. The standard InChI is InChI=1S/C18H19NO5.C10H13NO3/c20-17(21)12-14-6-8-16(9-7-14)23-11-10-19-18(22)24-13-15-4-2-1-3-5-15;11-5-6-14-9-3-1-8(2-4-9)7-10(12)13/h1-9H,10-13H2,(H,19,22)(H,20,21);1-4H,5-7,11H2,(H,12,13). The molecule has 0 radical (unpaired) electrons. The molecule has 5 N–H and O–H groups in total. The topological polar surface area (TPSA) is 157 Å². The lowest BCUT2D eigenvalue weighted by molar-refractivity contribution is -0.137. The summed E-state index contributed by atoms with van der Waals surface area (Å²) < 4.78 is 15.8. The number of carbonyl (C=O) groups excluding carboxylic acids is 1. The molecule has 0 unspecified atom stereocenters. The van der Waals surface area contributed by atoms with Crippen molar-refractivity contribution >= 4 is 18.0 Å². The van der Waals surface area contributed by atoms with E-state index in [-0.39, 0.29) is 19.4 Å². The molecule has 3 aromatic carbocycles. The van der Waals surface area contributed by atoms with E-state index in [4.69, 9.17) is 30.2 Å². The predicted octanol–water partition coefficient (Wildman–Crippen LogP) is 3.27. The quantitative estimate of drug-likeness (QED) is 0.246. The van der Waals surface area contributed by atoms with Crippen molar-refractivity contribution in [2.24, 2.45) is 5.73 Å². The van der Waals surface area contributed by atoms with Crippen molar-refractivity contribution in [3.63, 3.8) is 0 Å². The van der Waals surface area contributed by atoms with Crippen LogP contribution in [-0.2, 0) is 33.8 Å². The van der Waals surface area contributed by atoms with Crippen molar-refractivity contribution in [1.82, 2.24) is 5.32 Å². The Morgan fingerprint density at radius 3 is 1.66 bits per heavy atom.